The number of fused-ring (bicyclic) bond motifs is 1. The third-order valence-electron chi connectivity index (χ3n) is 5.75. The lowest BCUT2D eigenvalue weighted by atomic mass is 10.2. The second-order valence-corrected chi connectivity index (χ2v) is 9.03. The smallest absolute Gasteiger partial charge is 0.257 e. The number of halogens is 1. The molecule has 0 aliphatic heterocycles. The molecule has 0 radical (unpaired) electrons. The van der Waals surface area contributed by atoms with Crippen molar-refractivity contribution < 1.29 is 9.59 Å². The zero-order chi connectivity index (χ0) is 25.1. The highest BCUT2D eigenvalue weighted by molar-refractivity contribution is 6.30. The quantitative estimate of drug-likeness (QED) is 0.390. The predicted molar refractivity (Wildman–Crippen MR) is 141 cm³/mol. The van der Waals surface area contributed by atoms with Crippen LogP contribution in [0.2, 0.25) is 5.02 Å². The Kier molecular flexibility index (Phi) is 7.07. The first-order valence-corrected chi connectivity index (χ1v) is 11.7. The van der Waals surface area contributed by atoms with Crippen LogP contribution in [0.5, 0.6) is 0 Å². The number of hydrogen-bond acceptors (Lipinski definition) is 4. The van der Waals surface area contributed by atoms with Gasteiger partial charge >= 0.3 is 0 Å². The Labute approximate surface area is 209 Å². The van der Waals surface area contributed by atoms with Gasteiger partial charge in [0.2, 0.25) is 0 Å². The van der Waals surface area contributed by atoms with Gasteiger partial charge in [-0.2, -0.15) is 0 Å². The minimum absolute atomic E-state index is 0.0876. The Bertz CT molecular complexity index is 1360. The lowest BCUT2D eigenvalue weighted by molar-refractivity contribution is 0.0827. The Morgan fingerprint density at radius 1 is 0.943 bits per heavy atom. The van der Waals surface area contributed by atoms with Gasteiger partial charge < -0.3 is 15.1 Å². The molecule has 2 heterocycles. The van der Waals surface area contributed by atoms with E-state index in [4.69, 9.17) is 16.6 Å². The van der Waals surface area contributed by atoms with Crippen LogP contribution in [0.3, 0.4) is 0 Å². The van der Waals surface area contributed by atoms with Crippen molar-refractivity contribution in [3.8, 4) is 0 Å². The molecule has 180 valence electrons. The first-order valence-electron chi connectivity index (χ1n) is 11.4. The molecule has 0 atom stereocenters. The van der Waals surface area contributed by atoms with Gasteiger partial charge in [0, 0.05) is 50.2 Å². The van der Waals surface area contributed by atoms with E-state index < -0.39 is 0 Å². The van der Waals surface area contributed by atoms with Crippen molar-refractivity contribution in [2.45, 2.75) is 19.9 Å². The average molecular weight is 490 g/mol. The van der Waals surface area contributed by atoms with Gasteiger partial charge in [-0.15, -0.1) is 0 Å². The number of nitrogens with one attached hydrogen (secondary N) is 1. The highest BCUT2D eigenvalue weighted by atomic mass is 35.5. The molecule has 7 nitrogen and oxygen atoms in total. The molecule has 2 amide bonds. The fourth-order valence-corrected chi connectivity index (χ4v) is 4.08. The van der Waals surface area contributed by atoms with E-state index in [9.17, 15) is 9.59 Å². The Morgan fingerprint density at radius 3 is 2.23 bits per heavy atom. The summed E-state index contributed by atoms with van der Waals surface area (Å²) in [5.41, 5.74) is 4.55. The molecule has 0 spiro atoms. The minimum atomic E-state index is -0.239. The fourth-order valence-electron chi connectivity index (χ4n) is 3.95. The SMILES string of the molecule is CCc1nc2ccc(C(=O)Nc3ccc(C(=O)N(C)C)cc3)cn2c1N(C)Cc1ccc(Cl)cc1. The van der Waals surface area contributed by atoms with E-state index in [0.717, 1.165) is 29.1 Å². The van der Waals surface area contributed by atoms with Gasteiger partial charge in [0.25, 0.3) is 11.8 Å². The van der Waals surface area contributed by atoms with E-state index in [1.54, 1.807) is 44.4 Å². The molecule has 8 heteroatoms. The summed E-state index contributed by atoms with van der Waals surface area (Å²) in [6, 6.07) is 18.2. The number of imidazole rings is 1. The zero-order valence-electron chi connectivity index (χ0n) is 20.2. The number of hydrogen-bond donors (Lipinski definition) is 1. The van der Waals surface area contributed by atoms with E-state index in [1.165, 1.54) is 4.90 Å². The van der Waals surface area contributed by atoms with Crippen molar-refractivity contribution in [2.24, 2.45) is 0 Å². The van der Waals surface area contributed by atoms with Crippen molar-refractivity contribution >= 4 is 40.6 Å². The lowest BCUT2D eigenvalue weighted by Gasteiger charge is -2.20. The second kappa shape index (κ2) is 10.2. The number of carbonyl (C=O) groups excluding carboxylic acids is 2. The molecule has 0 aliphatic rings. The maximum atomic E-state index is 13.0. The lowest BCUT2D eigenvalue weighted by Crippen LogP contribution is -2.21. The van der Waals surface area contributed by atoms with Crippen LogP contribution in [0.1, 0.15) is 38.9 Å². The summed E-state index contributed by atoms with van der Waals surface area (Å²) in [7, 11) is 5.42. The Morgan fingerprint density at radius 2 is 1.60 bits per heavy atom. The summed E-state index contributed by atoms with van der Waals surface area (Å²) in [4.78, 5) is 33.5. The molecule has 35 heavy (non-hydrogen) atoms. The van der Waals surface area contributed by atoms with Crippen molar-refractivity contribution in [2.75, 3.05) is 31.4 Å². The summed E-state index contributed by atoms with van der Waals surface area (Å²) in [6.45, 7) is 2.74. The van der Waals surface area contributed by atoms with Crippen LogP contribution < -0.4 is 10.2 Å². The van der Waals surface area contributed by atoms with Crippen LogP contribution in [0, 0.1) is 0 Å². The normalized spacial score (nSPS) is 10.9. The van der Waals surface area contributed by atoms with Crippen LogP contribution in [0.4, 0.5) is 11.5 Å². The molecule has 1 N–H and O–H groups in total. The molecular formula is C27H28ClN5O2. The maximum absolute atomic E-state index is 13.0. The van der Waals surface area contributed by atoms with E-state index in [1.807, 2.05) is 48.0 Å². The molecule has 0 saturated carbocycles. The number of anilines is 2. The van der Waals surface area contributed by atoms with Gasteiger partial charge in [-0.25, -0.2) is 4.98 Å². The number of amides is 2. The summed E-state index contributed by atoms with van der Waals surface area (Å²) >= 11 is 6.03. The van der Waals surface area contributed by atoms with E-state index in [2.05, 4.69) is 17.1 Å². The third kappa shape index (κ3) is 5.30. The number of benzene rings is 2. The van der Waals surface area contributed by atoms with Crippen molar-refractivity contribution in [3.63, 3.8) is 0 Å². The summed E-state index contributed by atoms with van der Waals surface area (Å²) in [6.07, 6.45) is 2.58. The highest BCUT2D eigenvalue weighted by Gasteiger charge is 2.17. The van der Waals surface area contributed by atoms with Crippen LogP contribution in [-0.2, 0) is 13.0 Å². The monoisotopic (exact) mass is 489 g/mol. The number of carbonyl (C=O) groups is 2. The number of pyridine rings is 1. The fraction of sp³-hybridized carbons (Fsp3) is 0.222. The summed E-state index contributed by atoms with van der Waals surface area (Å²) in [5.74, 6) is 0.616. The van der Waals surface area contributed by atoms with Crippen molar-refractivity contribution in [3.05, 3.63) is 94.3 Å². The van der Waals surface area contributed by atoms with Gasteiger partial charge in [0.1, 0.15) is 11.5 Å². The Balaban J connectivity index is 1.59. The number of rotatable bonds is 7. The minimum Gasteiger partial charge on any atom is -0.355 e. The molecule has 0 aliphatic carbocycles. The van der Waals surface area contributed by atoms with E-state index in [-0.39, 0.29) is 11.8 Å². The molecule has 0 unspecified atom stereocenters. The Hall–Kier alpha value is -3.84. The van der Waals surface area contributed by atoms with Crippen LogP contribution >= 0.6 is 11.6 Å². The van der Waals surface area contributed by atoms with Gasteiger partial charge in [-0.05, 0) is 60.5 Å². The highest BCUT2D eigenvalue weighted by Crippen LogP contribution is 2.25. The zero-order valence-corrected chi connectivity index (χ0v) is 21.0. The third-order valence-corrected chi connectivity index (χ3v) is 6.00. The first-order chi connectivity index (χ1) is 16.8. The first kappa shape index (κ1) is 24.3. The van der Waals surface area contributed by atoms with Crippen molar-refractivity contribution in [1.29, 1.82) is 0 Å². The van der Waals surface area contributed by atoms with Gasteiger partial charge in [-0.1, -0.05) is 30.7 Å². The molecule has 0 bridgehead atoms. The number of nitrogens with zero attached hydrogens (tertiary/aromatic N) is 4. The molecule has 4 rings (SSSR count). The molecule has 2 aromatic heterocycles. The van der Waals surface area contributed by atoms with Crippen LogP contribution in [0.25, 0.3) is 5.65 Å². The maximum Gasteiger partial charge on any atom is 0.257 e. The van der Waals surface area contributed by atoms with Gasteiger partial charge in [0.05, 0.1) is 11.3 Å². The molecule has 0 saturated heterocycles. The second-order valence-electron chi connectivity index (χ2n) is 8.60. The van der Waals surface area contributed by atoms with Crippen molar-refractivity contribution in [1.82, 2.24) is 14.3 Å². The predicted octanol–water partition coefficient (Wildman–Crippen LogP) is 5.14. The van der Waals surface area contributed by atoms with Crippen LogP contribution in [-0.4, -0.2) is 47.2 Å². The molecule has 0 fully saturated rings. The number of aromatic nitrogens is 2. The standard InChI is InChI=1S/C27H28ClN5O2/c1-5-23-26(32(4)16-18-6-11-21(28)12-7-18)33-17-20(10-15-24(33)30-23)25(34)29-22-13-8-19(9-14-22)27(35)31(2)3/h6-15,17H,5,16H2,1-4H3,(H,29,34). The van der Waals surface area contributed by atoms with Gasteiger partial charge in [0.15, 0.2) is 0 Å². The van der Waals surface area contributed by atoms with E-state index in [0.29, 0.717) is 28.4 Å². The largest absolute Gasteiger partial charge is 0.355 e. The van der Waals surface area contributed by atoms with Gasteiger partial charge in [-0.3, -0.25) is 14.0 Å². The topological polar surface area (TPSA) is 70.0 Å². The molecular weight excluding hydrogens is 462 g/mol. The number of aryl methyl sites for hydroxylation is 1. The molecule has 2 aromatic carbocycles. The summed E-state index contributed by atoms with van der Waals surface area (Å²) < 4.78 is 1.96. The summed E-state index contributed by atoms with van der Waals surface area (Å²) in [5, 5.41) is 3.61. The molecule has 4 aromatic rings. The average Bonchev–Trinajstić information content (AvgIpc) is 3.23. The van der Waals surface area contributed by atoms with Crippen LogP contribution in [0.15, 0.2) is 66.9 Å². The van der Waals surface area contributed by atoms with E-state index >= 15 is 0 Å².